The van der Waals surface area contributed by atoms with Crippen molar-refractivity contribution in [2.45, 2.75) is 18.4 Å². The fourth-order valence-electron chi connectivity index (χ4n) is 1.44. The highest BCUT2D eigenvalue weighted by Gasteiger charge is 2.24. The number of H-pyrrole nitrogens is 1. The van der Waals surface area contributed by atoms with Gasteiger partial charge in [-0.3, -0.25) is 4.68 Å². The van der Waals surface area contributed by atoms with Gasteiger partial charge in [0.1, 0.15) is 4.90 Å². The van der Waals surface area contributed by atoms with Gasteiger partial charge >= 0.3 is 0 Å². The van der Waals surface area contributed by atoms with Crippen molar-refractivity contribution >= 4 is 15.8 Å². The quantitative estimate of drug-likeness (QED) is 0.601. The lowest BCUT2D eigenvalue weighted by Gasteiger charge is -2.04. The summed E-state index contributed by atoms with van der Waals surface area (Å²) in [6, 6.07) is 0. The van der Waals surface area contributed by atoms with Crippen LogP contribution in [-0.2, 0) is 23.6 Å². The summed E-state index contributed by atoms with van der Waals surface area (Å²) in [5, 5.41) is 16.7. The van der Waals surface area contributed by atoms with Crippen LogP contribution in [0.3, 0.4) is 0 Å². The number of nitrogen functional groups attached to an aromatic ring is 1. The zero-order chi connectivity index (χ0) is 13.3. The molecule has 0 unspecified atom stereocenters. The number of nitrogens with zero attached hydrogens (tertiary/aromatic N) is 5. The van der Waals surface area contributed by atoms with E-state index in [1.165, 1.54) is 4.68 Å². The van der Waals surface area contributed by atoms with Crippen molar-refractivity contribution < 1.29 is 8.42 Å². The summed E-state index contributed by atoms with van der Waals surface area (Å²) in [6.07, 6.45) is 0. The number of nitrogens with one attached hydrogen (secondary N) is 2. The molecule has 18 heavy (non-hydrogen) atoms. The van der Waals surface area contributed by atoms with Crippen molar-refractivity contribution in [2.24, 2.45) is 7.05 Å². The van der Waals surface area contributed by atoms with Crippen molar-refractivity contribution in [2.75, 3.05) is 5.73 Å². The van der Waals surface area contributed by atoms with E-state index in [1.54, 1.807) is 14.0 Å². The van der Waals surface area contributed by atoms with Crippen LogP contribution in [0, 0.1) is 6.92 Å². The molecule has 0 atom stereocenters. The van der Waals surface area contributed by atoms with E-state index in [4.69, 9.17) is 5.73 Å². The van der Waals surface area contributed by atoms with E-state index in [-0.39, 0.29) is 23.1 Å². The van der Waals surface area contributed by atoms with Gasteiger partial charge in [-0.2, -0.15) is 10.3 Å². The largest absolute Gasteiger partial charge is 0.381 e. The molecule has 98 valence electrons. The monoisotopic (exact) mass is 272 g/mol. The number of rotatable bonds is 4. The molecule has 4 N–H and O–H groups in total. The van der Waals surface area contributed by atoms with Crippen LogP contribution in [0.4, 0.5) is 5.82 Å². The second kappa shape index (κ2) is 4.34. The minimum atomic E-state index is -3.76. The number of hydrogen-bond acceptors (Lipinski definition) is 7. The molecule has 0 spiro atoms. The molecule has 2 aromatic rings. The van der Waals surface area contributed by atoms with E-state index in [1.807, 2.05) is 0 Å². The van der Waals surface area contributed by atoms with Gasteiger partial charge in [0, 0.05) is 7.05 Å². The summed E-state index contributed by atoms with van der Waals surface area (Å²) in [6.45, 7) is 1.54. The zero-order valence-electron chi connectivity index (χ0n) is 9.75. The second-order valence-electron chi connectivity index (χ2n) is 3.58. The van der Waals surface area contributed by atoms with E-state index < -0.39 is 10.0 Å². The molecule has 0 aromatic carbocycles. The molecule has 0 saturated heterocycles. The van der Waals surface area contributed by atoms with Gasteiger partial charge in [0.2, 0.25) is 10.0 Å². The summed E-state index contributed by atoms with van der Waals surface area (Å²) < 4.78 is 27.8. The molecule has 0 amide bonds. The first-order chi connectivity index (χ1) is 8.42. The minimum absolute atomic E-state index is 0.0338. The molecular weight excluding hydrogens is 260 g/mol. The topological polar surface area (TPSA) is 144 Å². The van der Waals surface area contributed by atoms with E-state index in [0.717, 1.165) is 0 Å². The van der Waals surface area contributed by atoms with Gasteiger partial charge in [-0.15, -0.1) is 10.2 Å². The summed E-state index contributed by atoms with van der Waals surface area (Å²) in [5.41, 5.74) is 6.03. The fourth-order valence-corrected chi connectivity index (χ4v) is 2.74. The number of aromatic nitrogens is 6. The Hall–Kier alpha value is -2.01. The molecule has 0 aliphatic heterocycles. The third-order valence-corrected chi connectivity index (χ3v) is 3.95. The third-order valence-electron chi connectivity index (χ3n) is 2.38. The summed E-state index contributed by atoms with van der Waals surface area (Å²) in [4.78, 5) is -0.0338. The Labute approximate surface area is 103 Å². The minimum Gasteiger partial charge on any atom is -0.381 e. The molecule has 11 heteroatoms. The molecule has 2 heterocycles. The van der Waals surface area contributed by atoms with Crippen LogP contribution < -0.4 is 10.5 Å². The number of anilines is 1. The normalized spacial score (nSPS) is 11.9. The van der Waals surface area contributed by atoms with E-state index in [0.29, 0.717) is 5.69 Å². The number of nitrogens with two attached hydrogens (primary N) is 1. The zero-order valence-corrected chi connectivity index (χ0v) is 10.6. The highest BCUT2D eigenvalue weighted by atomic mass is 32.2. The average Bonchev–Trinajstić information content (AvgIpc) is 2.86. The Morgan fingerprint density at radius 3 is 2.72 bits per heavy atom. The average molecular weight is 272 g/mol. The SMILES string of the molecule is Cc1c(S(=O)(=O)NCc2nn[nH]n2)c(N)nn1C. The molecule has 2 aromatic heterocycles. The Morgan fingerprint density at radius 2 is 2.22 bits per heavy atom. The molecule has 0 fully saturated rings. The van der Waals surface area contributed by atoms with Gasteiger partial charge in [0.05, 0.1) is 12.2 Å². The Kier molecular flexibility index (Phi) is 3.00. The third kappa shape index (κ3) is 2.17. The van der Waals surface area contributed by atoms with Crippen LogP contribution in [0.2, 0.25) is 0 Å². The number of tetrazole rings is 1. The van der Waals surface area contributed by atoms with Crippen molar-refractivity contribution in [1.82, 2.24) is 35.1 Å². The lowest BCUT2D eigenvalue weighted by Crippen LogP contribution is -2.25. The molecular formula is C7H12N8O2S. The number of hydrogen-bond donors (Lipinski definition) is 3. The van der Waals surface area contributed by atoms with Crippen LogP contribution in [0.25, 0.3) is 0 Å². The van der Waals surface area contributed by atoms with E-state index >= 15 is 0 Å². The van der Waals surface area contributed by atoms with Crippen LogP contribution in [0.15, 0.2) is 4.90 Å². The Balaban J connectivity index is 2.26. The van der Waals surface area contributed by atoms with Gasteiger partial charge in [0.15, 0.2) is 11.6 Å². The smallest absolute Gasteiger partial charge is 0.246 e. The summed E-state index contributed by atoms with van der Waals surface area (Å²) >= 11 is 0. The van der Waals surface area contributed by atoms with E-state index in [9.17, 15) is 8.42 Å². The number of sulfonamides is 1. The van der Waals surface area contributed by atoms with Crippen molar-refractivity contribution in [3.63, 3.8) is 0 Å². The highest BCUT2D eigenvalue weighted by Crippen LogP contribution is 2.20. The van der Waals surface area contributed by atoms with Crippen molar-refractivity contribution in [1.29, 1.82) is 0 Å². The number of aryl methyl sites for hydroxylation is 1. The van der Waals surface area contributed by atoms with E-state index in [2.05, 4.69) is 30.4 Å². The predicted molar refractivity (Wildman–Crippen MR) is 60.6 cm³/mol. The molecule has 2 rings (SSSR count). The van der Waals surface area contributed by atoms with Gasteiger partial charge in [-0.05, 0) is 6.92 Å². The molecule has 0 aliphatic rings. The lowest BCUT2D eigenvalue weighted by atomic mass is 10.5. The molecule has 0 saturated carbocycles. The Bertz CT molecular complexity index is 643. The highest BCUT2D eigenvalue weighted by molar-refractivity contribution is 7.89. The van der Waals surface area contributed by atoms with Gasteiger partial charge in [-0.25, -0.2) is 13.1 Å². The van der Waals surface area contributed by atoms with Gasteiger partial charge in [-0.1, -0.05) is 5.21 Å². The first-order valence-corrected chi connectivity index (χ1v) is 6.41. The van der Waals surface area contributed by atoms with Crippen LogP contribution in [-0.4, -0.2) is 38.8 Å². The summed E-state index contributed by atoms with van der Waals surface area (Å²) in [5.74, 6) is 0.189. The summed E-state index contributed by atoms with van der Waals surface area (Å²) in [7, 11) is -2.14. The van der Waals surface area contributed by atoms with Crippen molar-refractivity contribution in [3.8, 4) is 0 Å². The number of aromatic amines is 1. The maximum Gasteiger partial charge on any atom is 0.246 e. The van der Waals surface area contributed by atoms with Crippen LogP contribution in [0.5, 0.6) is 0 Å². The molecule has 0 bridgehead atoms. The Morgan fingerprint density at radius 1 is 1.50 bits per heavy atom. The van der Waals surface area contributed by atoms with Crippen LogP contribution >= 0.6 is 0 Å². The van der Waals surface area contributed by atoms with Gasteiger partial charge in [0.25, 0.3) is 0 Å². The second-order valence-corrected chi connectivity index (χ2v) is 5.28. The van der Waals surface area contributed by atoms with Crippen LogP contribution in [0.1, 0.15) is 11.5 Å². The maximum absolute atomic E-state index is 12.1. The van der Waals surface area contributed by atoms with Crippen molar-refractivity contribution in [3.05, 3.63) is 11.5 Å². The maximum atomic E-state index is 12.1. The molecule has 10 nitrogen and oxygen atoms in total. The first kappa shape index (κ1) is 12.4. The first-order valence-electron chi connectivity index (χ1n) is 4.93. The molecule has 0 aliphatic carbocycles. The molecule has 0 radical (unpaired) electrons. The fraction of sp³-hybridized carbons (Fsp3) is 0.429. The standard InChI is InChI=1S/C7H12N8O2S/c1-4-6(7(8)12-15(4)2)18(16,17)9-3-5-10-13-14-11-5/h9H,3H2,1-2H3,(H2,8,12)(H,10,11,13,14). The predicted octanol–water partition coefficient (Wildman–Crippen LogP) is -1.70. The lowest BCUT2D eigenvalue weighted by molar-refractivity contribution is 0.578. The van der Waals surface area contributed by atoms with Gasteiger partial charge < -0.3 is 5.73 Å².